The van der Waals surface area contributed by atoms with Gasteiger partial charge in [-0.1, -0.05) is 0 Å². The van der Waals surface area contributed by atoms with Gasteiger partial charge in [0.1, 0.15) is 22.6 Å². The number of benzene rings is 1. The number of hydrogen-bond acceptors (Lipinski definition) is 4. The Hall–Kier alpha value is -2.39. The Morgan fingerprint density at radius 2 is 2.26 bits per heavy atom. The van der Waals surface area contributed by atoms with Crippen molar-refractivity contribution in [3.63, 3.8) is 0 Å². The summed E-state index contributed by atoms with van der Waals surface area (Å²) >= 11 is 1.21. The lowest BCUT2D eigenvalue weighted by atomic mass is 10.2. The highest BCUT2D eigenvalue weighted by Crippen LogP contribution is 2.24. The standard InChI is InChI=1S/C13H9FN2O2S/c1-18-9-2-3-10(11(14)6-9)12(17)16-13-8(7-15)4-5-19-13/h2-6H,1H3,(H,16,17). The number of carbonyl (C=O) groups excluding carboxylic acids is 1. The second kappa shape index (κ2) is 5.50. The largest absolute Gasteiger partial charge is 0.497 e. The summed E-state index contributed by atoms with van der Waals surface area (Å²) in [6.07, 6.45) is 0. The number of rotatable bonds is 3. The number of carbonyl (C=O) groups is 1. The Kier molecular flexibility index (Phi) is 3.78. The van der Waals surface area contributed by atoms with Crippen LogP contribution >= 0.6 is 11.3 Å². The molecule has 2 rings (SSSR count). The average Bonchev–Trinajstić information content (AvgIpc) is 2.85. The van der Waals surface area contributed by atoms with Crippen LogP contribution in [0, 0.1) is 17.1 Å². The number of thiophene rings is 1. The average molecular weight is 276 g/mol. The van der Waals surface area contributed by atoms with Gasteiger partial charge in [0.15, 0.2) is 0 Å². The number of amides is 1. The van der Waals surface area contributed by atoms with Crippen LogP contribution in [0.15, 0.2) is 29.6 Å². The maximum atomic E-state index is 13.7. The third-order valence-corrected chi connectivity index (χ3v) is 3.26. The molecule has 0 bridgehead atoms. The fraction of sp³-hybridized carbons (Fsp3) is 0.0769. The van der Waals surface area contributed by atoms with Crippen molar-refractivity contribution in [2.24, 2.45) is 0 Å². The highest BCUT2D eigenvalue weighted by atomic mass is 32.1. The monoisotopic (exact) mass is 276 g/mol. The van der Waals surface area contributed by atoms with E-state index in [1.54, 1.807) is 11.4 Å². The summed E-state index contributed by atoms with van der Waals surface area (Å²) in [6, 6.07) is 7.50. The molecule has 0 spiro atoms. The van der Waals surface area contributed by atoms with Gasteiger partial charge in [0.2, 0.25) is 0 Å². The number of nitrogens with zero attached hydrogens (tertiary/aromatic N) is 1. The summed E-state index contributed by atoms with van der Waals surface area (Å²) in [6.45, 7) is 0. The van der Waals surface area contributed by atoms with E-state index < -0.39 is 11.7 Å². The van der Waals surface area contributed by atoms with Gasteiger partial charge in [-0.05, 0) is 23.6 Å². The summed E-state index contributed by atoms with van der Waals surface area (Å²) < 4.78 is 18.6. The van der Waals surface area contributed by atoms with Crippen LogP contribution in [0.2, 0.25) is 0 Å². The number of ether oxygens (including phenoxy) is 1. The fourth-order valence-corrected chi connectivity index (χ4v) is 2.20. The topological polar surface area (TPSA) is 62.1 Å². The molecule has 19 heavy (non-hydrogen) atoms. The molecule has 96 valence electrons. The zero-order chi connectivity index (χ0) is 13.8. The summed E-state index contributed by atoms with van der Waals surface area (Å²) in [7, 11) is 1.42. The molecule has 0 unspecified atom stereocenters. The molecule has 2 aromatic rings. The van der Waals surface area contributed by atoms with Crippen LogP contribution in [0.3, 0.4) is 0 Å². The van der Waals surface area contributed by atoms with Crippen LogP contribution in [-0.4, -0.2) is 13.0 Å². The minimum atomic E-state index is -0.674. The smallest absolute Gasteiger partial charge is 0.259 e. The maximum Gasteiger partial charge on any atom is 0.259 e. The third kappa shape index (κ3) is 2.72. The predicted molar refractivity (Wildman–Crippen MR) is 69.9 cm³/mol. The van der Waals surface area contributed by atoms with E-state index in [2.05, 4.69) is 5.32 Å². The van der Waals surface area contributed by atoms with Crippen molar-refractivity contribution >= 4 is 22.2 Å². The molecule has 1 N–H and O–H groups in total. The second-order valence-electron chi connectivity index (χ2n) is 3.58. The Morgan fingerprint density at radius 1 is 1.47 bits per heavy atom. The van der Waals surface area contributed by atoms with Crippen molar-refractivity contribution in [2.75, 3.05) is 12.4 Å². The minimum absolute atomic E-state index is 0.0990. The van der Waals surface area contributed by atoms with Crippen LogP contribution in [-0.2, 0) is 0 Å². The van der Waals surface area contributed by atoms with E-state index in [-0.39, 0.29) is 5.56 Å². The van der Waals surface area contributed by atoms with Crippen LogP contribution < -0.4 is 10.1 Å². The summed E-state index contributed by atoms with van der Waals surface area (Å²) in [5.41, 5.74) is 0.255. The Labute approximate surface area is 113 Å². The van der Waals surface area contributed by atoms with Crippen LogP contribution in [0.1, 0.15) is 15.9 Å². The highest BCUT2D eigenvalue weighted by Gasteiger charge is 2.15. The Bertz CT molecular complexity index is 661. The number of halogens is 1. The molecule has 1 aromatic carbocycles. The van der Waals surface area contributed by atoms with E-state index in [1.807, 2.05) is 6.07 Å². The van der Waals surface area contributed by atoms with Crippen LogP contribution in [0.4, 0.5) is 9.39 Å². The molecular formula is C13H9FN2O2S. The van der Waals surface area contributed by atoms with Gasteiger partial charge in [-0.25, -0.2) is 4.39 Å². The van der Waals surface area contributed by atoms with E-state index in [4.69, 9.17) is 10.00 Å². The SMILES string of the molecule is COc1ccc(C(=O)Nc2sccc2C#N)c(F)c1. The Morgan fingerprint density at radius 3 is 2.89 bits per heavy atom. The zero-order valence-electron chi connectivity index (χ0n) is 9.94. The van der Waals surface area contributed by atoms with Crippen molar-refractivity contribution in [3.05, 3.63) is 46.6 Å². The first-order chi connectivity index (χ1) is 9.15. The molecule has 0 fully saturated rings. The quantitative estimate of drug-likeness (QED) is 0.937. The number of nitriles is 1. The van der Waals surface area contributed by atoms with Crippen LogP contribution in [0.5, 0.6) is 5.75 Å². The van der Waals surface area contributed by atoms with Crippen molar-refractivity contribution in [2.45, 2.75) is 0 Å². The zero-order valence-corrected chi connectivity index (χ0v) is 10.8. The number of anilines is 1. The molecule has 0 atom stereocenters. The van der Waals surface area contributed by atoms with E-state index in [0.29, 0.717) is 16.3 Å². The molecule has 1 amide bonds. The van der Waals surface area contributed by atoms with Gasteiger partial charge in [0.25, 0.3) is 5.91 Å². The van der Waals surface area contributed by atoms with Gasteiger partial charge in [0.05, 0.1) is 18.2 Å². The normalized spacial score (nSPS) is 9.74. The van der Waals surface area contributed by atoms with Crippen molar-refractivity contribution in [1.29, 1.82) is 5.26 Å². The lowest BCUT2D eigenvalue weighted by Gasteiger charge is -2.06. The molecule has 0 aliphatic heterocycles. The van der Waals surface area contributed by atoms with E-state index in [9.17, 15) is 9.18 Å². The van der Waals surface area contributed by atoms with E-state index >= 15 is 0 Å². The molecule has 0 radical (unpaired) electrons. The molecule has 4 nitrogen and oxygen atoms in total. The summed E-state index contributed by atoms with van der Waals surface area (Å²) in [5.74, 6) is -0.936. The first kappa shape index (κ1) is 13.1. The molecular weight excluding hydrogens is 267 g/mol. The predicted octanol–water partition coefficient (Wildman–Crippen LogP) is 3.02. The van der Waals surface area contributed by atoms with E-state index in [1.165, 1.54) is 30.6 Å². The first-order valence-corrected chi connectivity index (χ1v) is 6.16. The number of nitrogens with one attached hydrogen (secondary N) is 1. The van der Waals surface area contributed by atoms with Gasteiger partial charge < -0.3 is 10.1 Å². The van der Waals surface area contributed by atoms with Crippen LogP contribution in [0.25, 0.3) is 0 Å². The molecule has 1 heterocycles. The second-order valence-corrected chi connectivity index (χ2v) is 4.49. The lowest BCUT2D eigenvalue weighted by molar-refractivity contribution is 0.102. The molecule has 0 saturated heterocycles. The van der Waals surface area contributed by atoms with Crippen molar-refractivity contribution < 1.29 is 13.9 Å². The molecule has 6 heteroatoms. The first-order valence-electron chi connectivity index (χ1n) is 5.28. The fourth-order valence-electron chi connectivity index (χ4n) is 1.47. The lowest BCUT2D eigenvalue weighted by Crippen LogP contribution is -2.13. The molecule has 0 aliphatic rings. The Balaban J connectivity index is 2.24. The van der Waals surface area contributed by atoms with Gasteiger partial charge >= 0.3 is 0 Å². The molecule has 1 aromatic heterocycles. The summed E-state index contributed by atoms with van der Waals surface area (Å²) in [5, 5.41) is 13.4. The van der Waals surface area contributed by atoms with Crippen molar-refractivity contribution in [3.8, 4) is 11.8 Å². The van der Waals surface area contributed by atoms with Crippen molar-refractivity contribution in [1.82, 2.24) is 0 Å². The molecule has 0 aliphatic carbocycles. The minimum Gasteiger partial charge on any atom is -0.497 e. The highest BCUT2D eigenvalue weighted by molar-refractivity contribution is 7.14. The number of methoxy groups -OCH3 is 1. The third-order valence-electron chi connectivity index (χ3n) is 2.43. The maximum absolute atomic E-state index is 13.7. The van der Waals surface area contributed by atoms with Gasteiger partial charge in [-0.3, -0.25) is 4.79 Å². The van der Waals surface area contributed by atoms with Gasteiger partial charge in [-0.15, -0.1) is 11.3 Å². The van der Waals surface area contributed by atoms with Gasteiger partial charge in [-0.2, -0.15) is 5.26 Å². The summed E-state index contributed by atoms with van der Waals surface area (Å²) in [4.78, 5) is 11.9. The van der Waals surface area contributed by atoms with E-state index in [0.717, 1.165) is 6.07 Å². The molecule has 0 saturated carbocycles. The van der Waals surface area contributed by atoms with Gasteiger partial charge in [0, 0.05) is 6.07 Å². The number of hydrogen-bond donors (Lipinski definition) is 1.